The molecule has 3 rings (SSSR count). The van der Waals surface area contributed by atoms with Crippen molar-refractivity contribution in [3.05, 3.63) is 71.8 Å². The SMILES string of the molecule is CCCCCCN1C[C@H](c2ccccc2)[C@@H](c2ccccc2)C1. The maximum atomic E-state index is 2.69. The van der Waals surface area contributed by atoms with Crippen molar-refractivity contribution in [2.24, 2.45) is 0 Å². The molecule has 1 fully saturated rings. The number of unbranched alkanes of at least 4 members (excludes halogenated alkanes) is 3. The molecule has 23 heavy (non-hydrogen) atoms. The number of likely N-dealkylation sites (tertiary alicyclic amines) is 1. The number of benzene rings is 2. The molecule has 2 aromatic carbocycles. The summed E-state index contributed by atoms with van der Waals surface area (Å²) in [6.45, 7) is 5.95. The van der Waals surface area contributed by atoms with Crippen LogP contribution in [0.4, 0.5) is 0 Å². The van der Waals surface area contributed by atoms with Crippen LogP contribution in [0.5, 0.6) is 0 Å². The highest BCUT2D eigenvalue weighted by Crippen LogP contribution is 2.39. The maximum Gasteiger partial charge on any atom is 0.00569 e. The molecule has 1 saturated heterocycles. The molecule has 2 atom stereocenters. The normalized spacial score (nSPS) is 21.6. The molecular weight excluding hydrogens is 278 g/mol. The average molecular weight is 307 g/mol. The Morgan fingerprint density at radius 2 is 1.26 bits per heavy atom. The summed E-state index contributed by atoms with van der Waals surface area (Å²) >= 11 is 0. The van der Waals surface area contributed by atoms with E-state index >= 15 is 0 Å². The molecule has 0 aliphatic carbocycles. The molecule has 1 heteroatoms. The molecule has 0 amide bonds. The van der Waals surface area contributed by atoms with Crippen molar-refractivity contribution in [3.8, 4) is 0 Å². The molecule has 0 spiro atoms. The zero-order valence-electron chi connectivity index (χ0n) is 14.3. The van der Waals surface area contributed by atoms with Crippen LogP contribution in [0, 0.1) is 0 Å². The monoisotopic (exact) mass is 307 g/mol. The summed E-state index contributed by atoms with van der Waals surface area (Å²) < 4.78 is 0. The van der Waals surface area contributed by atoms with Gasteiger partial charge in [-0.1, -0.05) is 86.8 Å². The van der Waals surface area contributed by atoms with Crippen molar-refractivity contribution in [1.82, 2.24) is 4.90 Å². The van der Waals surface area contributed by atoms with Gasteiger partial charge in [-0.15, -0.1) is 0 Å². The van der Waals surface area contributed by atoms with E-state index in [0.717, 1.165) is 0 Å². The van der Waals surface area contributed by atoms with E-state index in [4.69, 9.17) is 0 Å². The van der Waals surface area contributed by atoms with Gasteiger partial charge >= 0.3 is 0 Å². The first-order valence-corrected chi connectivity index (χ1v) is 9.20. The van der Waals surface area contributed by atoms with Crippen molar-refractivity contribution >= 4 is 0 Å². The molecule has 0 saturated carbocycles. The third-order valence-electron chi connectivity index (χ3n) is 5.18. The van der Waals surface area contributed by atoms with Gasteiger partial charge in [0.1, 0.15) is 0 Å². The molecule has 2 aromatic rings. The lowest BCUT2D eigenvalue weighted by atomic mass is 9.84. The van der Waals surface area contributed by atoms with E-state index in [1.807, 2.05) is 0 Å². The Hall–Kier alpha value is -1.60. The lowest BCUT2D eigenvalue weighted by molar-refractivity contribution is 0.321. The van der Waals surface area contributed by atoms with Gasteiger partial charge in [0.2, 0.25) is 0 Å². The minimum Gasteiger partial charge on any atom is -0.302 e. The maximum absolute atomic E-state index is 2.69. The van der Waals surface area contributed by atoms with Crippen molar-refractivity contribution < 1.29 is 0 Å². The lowest BCUT2D eigenvalue weighted by Crippen LogP contribution is -2.22. The van der Waals surface area contributed by atoms with E-state index in [1.54, 1.807) is 0 Å². The first-order chi connectivity index (χ1) is 11.4. The van der Waals surface area contributed by atoms with Gasteiger partial charge in [0, 0.05) is 24.9 Å². The molecule has 0 unspecified atom stereocenters. The van der Waals surface area contributed by atoms with Crippen LogP contribution in [-0.4, -0.2) is 24.5 Å². The lowest BCUT2D eigenvalue weighted by Gasteiger charge is -2.19. The van der Waals surface area contributed by atoms with Gasteiger partial charge in [-0.05, 0) is 24.1 Å². The van der Waals surface area contributed by atoms with Crippen LogP contribution >= 0.6 is 0 Å². The second-order valence-electron chi connectivity index (χ2n) is 6.85. The number of hydrogen-bond donors (Lipinski definition) is 0. The predicted molar refractivity (Wildman–Crippen MR) is 98.9 cm³/mol. The Morgan fingerprint density at radius 3 is 1.74 bits per heavy atom. The highest BCUT2D eigenvalue weighted by molar-refractivity contribution is 5.31. The van der Waals surface area contributed by atoms with Gasteiger partial charge in [-0.3, -0.25) is 0 Å². The fourth-order valence-corrected chi connectivity index (χ4v) is 3.91. The van der Waals surface area contributed by atoms with Crippen molar-refractivity contribution in [3.63, 3.8) is 0 Å². The van der Waals surface area contributed by atoms with Gasteiger partial charge < -0.3 is 4.90 Å². The van der Waals surface area contributed by atoms with Crippen LogP contribution in [0.25, 0.3) is 0 Å². The molecule has 0 radical (unpaired) electrons. The molecule has 1 aliphatic heterocycles. The average Bonchev–Trinajstić information content (AvgIpc) is 3.05. The Kier molecular flexibility index (Phi) is 5.87. The minimum atomic E-state index is 0.629. The van der Waals surface area contributed by atoms with Crippen LogP contribution < -0.4 is 0 Å². The topological polar surface area (TPSA) is 3.24 Å². The van der Waals surface area contributed by atoms with Crippen LogP contribution in [0.1, 0.15) is 55.6 Å². The highest BCUT2D eigenvalue weighted by atomic mass is 15.1. The smallest absolute Gasteiger partial charge is 0.00569 e. The van der Waals surface area contributed by atoms with E-state index in [1.165, 1.54) is 56.4 Å². The fourth-order valence-electron chi connectivity index (χ4n) is 3.91. The molecule has 122 valence electrons. The highest BCUT2D eigenvalue weighted by Gasteiger charge is 2.34. The summed E-state index contributed by atoms with van der Waals surface area (Å²) in [6, 6.07) is 22.2. The van der Waals surface area contributed by atoms with Gasteiger partial charge in [-0.2, -0.15) is 0 Å². The van der Waals surface area contributed by atoms with Gasteiger partial charge in [0.05, 0.1) is 0 Å². The van der Waals surface area contributed by atoms with Crippen molar-refractivity contribution in [2.45, 2.75) is 44.4 Å². The largest absolute Gasteiger partial charge is 0.302 e. The summed E-state index contributed by atoms with van der Waals surface area (Å²) in [5.41, 5.74) is 3.00. The van der Waals surface area contributed by atoms with Gasteiger partial charge in [0.15, 0.2) is 0 Å². The molecule has 0 aromatic heterocycles. The summed E-state index contributed by atoms with van der Waals surface area (Å²) in [5, 5.41) is 0. The van der Waals surface area contributed by atoms with Crippen molar-refractivity contribution in [1.29, 1.82) is 0 Å². The van der Waals surface area contributed by atoms with E-state index in [9.17, 15) is 0 Å². The summed E-state index contributed by atoms with van der Waals surface area (Å²) in [6.07, 6.45) is 5.41. The predicted octanol–water partition coefficient (Wildman–Crippen LogP) is 5.45. The Bertz CT molecular complexity index is 516. The van der Waals surface area contributed by atoms with E-state index in [0.29, 0.717) is 11.8 Å². The molecule has 1 heterocycles. The van der Waals surface area contributed by atoms with Crippen LogP contribution in [-0.2, 0) is 0 Å². The summed E-state index contributed by atoms with van der Waals surface area (Å²) in [5.74, 6) is 1.26. The van der Waals surface area contributed by atoms with Crippen molar-refractivity contribution in [2.75, 3.05) is 19.6 Å². The van der Waals surface area contributed by atoms with Gasteiger partial charge in [0.25, 0.3) is 0 Å². The minimum absolute atomic E-state index is 0.629. The summed E-state index contributed by atoms with van der Waals surface area (Å²) in [4.78, 5) is 2.69. The Labute approximate surface area is 141 Å². The van der Waals surface area contributed by atoms with Crippen LogP contribution in [0.3, 0.4) is 0 Å². The molecule has 1 aliphatic rings. The first-order valence-electron chi connectivity index (χ1n) is 9.20. The number of hydrogen-bond acceptors (Lipinski definition) is 1. The van der Waals surface area contributed by atoms with E-state index < -0.39 is 0 Å². The number of nitrogens with zero attached hydrogens (tertiary/aromatic N) is 1. The molecular formula is C22H29N. The van der Waals surface area contributed by atoms with Crippen LogP contribution in [0.2, 0.25) is 0 Å². The molecule has 0 N–H and O–H groups in total. The second kappa shape index (κ2) is 8.31. The summed E-state index contributed by atoms with van der Waals surface area (Å²) in [7, 11) is 0. The van der Waals surface area contributed by atoms with E-state index in [-0.39, 0.29) is 0 Å². The van der Waals surface area contributed by atoms with Gasteiger partial charge in [-0.25, -0.2) is 0 Å². The van der Waals surface area contributed by atoms with Crippen LogP contribution in [0.15, 0.2) is 60.7 Å². The Balaban J connectivity index is 1.72. The first kappa shape index (κ1) is 16.3. The van der Waals surface area contributed by atoms with E-state index in [2.05, 4.69) is 72.5 Å². The third-order valence-corrected chi connectivity index (χ3v) is 5.18. The fraction of sp³-hybridized carbons (Fsp3) is 0.455. The zero-order valence-corrected chi connectivity index (χ0v) is 14.3. The quantitative estimate of drug-likeness (QED) is 0.615. The second-order valence-corrected chi connectivity index (χ2v) is 6.85. The Morgan fingerprint density at radius 1 is 0.739 bits per heavy atom. The zero-order chi connectivity index (χ0) is 15.9. The molecule has 0 bridgehead atoms. The number of rotatable bonds is 7. The molecule has 1 nitrogen and oxygen atoms in total. The standard InChI is InChI=1S/C22H29N/c1-2-3-4-11-16-23-17-21(19-12-7-5-8-13-19)22(18-23)20-14-9-6-10-15-20/h5-10,12-15,21-22H,2-4,11,16-18H2,1H3/t21-,22-/m1/s1. The third kappa shape index (κ3) is 4.23.